The largest absolute Gasteiger partial charge is 0.449 e. The maximum absolute atomic E-state index is 12.1. The maximum atomic E-state index is 12.1. The molecule has 0 spiro atoms. The number of fused-ring (bicyclic) bond motifs is 3. The summed E-state index contributed by atoms with van der Waals surface area (Å²) >= 11 is 0. The van der Waals surface area contributed by atoms with E-state index in [-0.39, 0.29) is 12.5 Å². The molecule has 1 aromatic heterocycles. The van der Waals surface area contributed by atoms with Crippen molar-refractivity contribution in [2.75, 3.05) is 13.2 Å². The molecule has 1 N–H and O–H groups in total. The zero-order valence-corrected chi connectivity index (χ0v) is 15.6. The molecule has 1 amide bonds. The first kappa shape index (κ1) is 17.8. The van der Waals surface area contributed by atoms with E-state index in [0.29, 0.717) is 12.3 Å². The lowest BCUT2D eigenvalue weighted by Crippen LogP contribution is -2.26. The maximum Gasteiger partial charge on any atom is 0.407 e. The predicted molar refractivity (Wildman–Crippen MR) is 109 cm³/mol. The van der Waals surface area contributed by atoms with Gasteiger partial charge < -0.3 is 10.1 Å². The van der Waals surface area contributed by atoms with Gasteiger partial charge in [-0.3, -0.25) is 0 Å². The number of carbonyl (C=O) groups excluding carboxylic acids is 1. The highest BCUT2D eigenvalue weighted by Crippen LogP contribution is 2.44. The standard InChI is InChI=1S/C24H20N2O2/c1-17-12-13-18(26-15-17)7-6-14-25-24(27)28-16-23-21-10-4-2-8-19(21)20-9-3-5-11-22(20)23/h2-5,8-13,15,23H,14,16H2,1H3,(H,25,27). The minimum Gasteiger partial charge on any atom is -0.449 e. The van der Waals surface area contributed by atoms with E-state index < -0.39 is 6.09 Å². The molecule has 4 nitrogen and oxygen atoms in total. The van der Waals surface area contributed by atoms with Crippen LogP contribution in [-0.2, 0) is 4.74 Å². The normalized spacial score (nSPS) is 11.8. The number of aryl methyl sites for hydroxylation is 1. The number of alkyl carbamates (subject to hydrolysis) is 1. The summed E-state index contributed by atoms with van der Waals surface area (Å²) in [6.07, 6.45) is 1.30. The summed E-state index contributed by atoms with van der Waals surface area (Å²) in [4.78, 5) is 16.3. The molecule has 4 rings (SSSR count). The van der Waals surface area contributed by atoms with Gasteiger partial charge in [-0.15, -0.1) is 0 Å². The predicted octanol–water partition coefficient (Wildman–Crippen LogP) is 4.28. The second-order valence-corrected chi connectivity index (χ2v) is 6.70. The molecule has 0 fully saturated rings. The Hall–Kier alpha value is -3.58. The van der Waals surface area contributed by atoms with Gasteiger partial charge in [0, 0.05) is 12.1 Å². The second-order valence-electron chi connectivity index (χ2n) is 6.70. The molecule has 0 saturated heterocycles. The summed E-state index contributed by atoms with van der Waals surface area (Å²) in [5.41, 5.74) is 6.58. The number of benzene rings is 2. The molecule has 1 aliphatic rings. The lowest BCUT2D eigenvalue weighted by Gasteiger charge is -2.14. The van der Waals surface area contributed by atoms with Crippen LogP contribution < -0.4 is 5.32 Å². The number of pyridine rings is 1. The number of nitrogens with zero attached hydrogens (tertiary/aromatic N) is 1. The number of aromatic nitrogens is 1. The van der Waals surface area contributed by atoms with Crippen molar-refractivity contribution in [1.82, 2.24) is 10.3 Å². The number of carbonyl (C=O) groups is 1. The van der Waals surface area contributed by atoms with Crippen molar-refractivity contribution in [3.63, 3.8) is 0 Å². The van der Waals surface area contributed by atoms with Gasteiger partial charge in [0.2, 0.25) is 0 Å². The number of hydrogen-bond acceptors (Lipinski definition) is 3. The average molecular weight is 368 g/mol. The SMILES string of the molecule is Cc1ccc(C#CCNC(=O)OCC2c3ccccc3-c3ccccc32)nc1. The first-order valence-corrected chi connectivity index (χ1v) is 9.23. The molecule has 3 aromatic rings. The van der Waals surface area contributed by atoms with Crippen molar-refractivity contribution >= 4 is 6.09 Å². The van der Waals surface area contributed by atoms with Gasteiger partial charge in [-0.05, 0) is 46.7 Å². The van der Waals surface area contributed by atoms with Crippen molar-refractivity contribution in [1.29, 1.82) is 0 Å². The van der Waals surface area contributed by atoms with E-state index in [1.54, 1.807) is 6.20 Å². The van der Waals surface area contributed by atoms with Gasteiger partial charge in [0.25, 0.3) is 0 Å². The summed E-state index contributed by atoms with van der Waals surface area (Å²) in [6, 6.07) is 20.3. The van der Waals surface area contributed by atoms with Crippen LogP contribution in [0.5, 0.6) is 0 Å². The molecule has 1 heterocycles. The fourth-order valence-electron chi connectivity index (χ4n) is 3.44. The lowest BCUT2D eigenvalue weighted by atomic mass is 9.98. The summed E-state index contributed by atoms with van der Waals surface area (Å²) in [7, 11) is 0. The molecule has 2 aromatic carbocycles. The third kappa shape index (κ3) is 3.74. The number of amides is 1. The van der Waals surface area contributed by atoms with E-state index >= 15 is 0 Å². The molecule has 0 atom stereocenters. The Bertz CT molecular complexity index is 1020. The van der Waals surface area contributed by atoms with E-state index in [0.717, 1.165) is 5.56 Å². The van der Waals surface area contributed by atoms with Crippen LogP contribution in [0, 0.1) is 18.8 Å². The highest BCUT2D eigenvalue weighted by molar-refractivity contribution is 5.79. The molecule has 0 bridgehead atoms. The molecule has 4 heteroatoms. The molecular weight excluding hydrogens is 348 g/mol. The van der Waals surface area contributed by atoms with Crippen LogP contribution in [0.1, 0.15) is 28.3 Å². The van der Waals surface area contributed by atoms with Crippen LogP contribution in [0.3, 0.4) is 0 Å². The average Bonchev–Trinajstić information content (AvgIpc) is 3.05. The van der Waals surface area contributed by atoms with Crippen LogP contribution in [0.25, 0.3) is 11.1 Å². The first-order valence-electron chi connectivity index (χ1n) is 9.23. The summed E-state index contributed by atoms with van der Waals surface area (Å²) in [5, 5.41) is 2.67. The van der Waals surface area contributed by atoms with Crippen LogP contribution in [-0.4, -0.2) is 24.2 Å². The summed E-state index contributed by atoms with van der Waals surface area (Å²) in [5.74, 6) is 5.86. The Balaban J connectivity index is 1.35. The Labute approximate surface area is 164 Å². The molecule has 0 saturated carbocycles. The van der Waals surface area contributed by atoms with Gasteiger partial charge in [-0.2, -0.15) is 0 Å². The third-order valence-corrected chi connectivity index (χ3v) is 4.79. The fourth-order valence-corrected chi connectivity index (χ4v) is 3.44. The highest BCUT2D eigenvalue weighted by Gasteiger charge is 2.28. The van der Waals surface area contributed by atoms with Gasteiger partial charge in [-0.1, -0.05) is 60.5 Å². The lowest BCUT2D eigenvalue weighted by molar-refractivity contribution is 0.144. The Kier molecular flexibility index (Phi) is 5.07. The highest BCUT2D eigenvalue weighted by atomic mass is 16.5. The molecule has 1 aliphatic carbocycles. The Morgan fingerprint density at radius 3 is 2.36 bits per heavy atom. The van der Waals surface area contributed by atoms with E-state index in [2.05, 4.69) is 46.4 Å². The van der Waals surface area contributed by atoms with Crippen LogP contribution >= 0.6 is 0 Å². The van der Waals surface area contributed by atoms with Crippen LogP contribution in [0.15, 0.2) is 66.9 Å². The van der Waals surface area contributed by atoms with Gasteiger partial charge in [0.15, 0.2) is 0 Å². The quantitative estimate of drug-likeness (QED) is 0.702. The molecule has 0 aliphatic heterocycles. The number of rotatable bonds is 3. The van der Waals surface area contributed by atoms with E-state index in [1.807, 2.05) is 43.3 Å². The van der Waals surface area contributed by atoms with E-state index in [1.165, 1.54) is 22.3 Å². The zero-order chi connectivity index (χ0) is 19.3. The van der Waals surface area contributed by atoms with Crippen molar-refractivity contribution in [3.8, 4) is 23.0 Å². The molecular formula is C24H20N2O2. The molecule has 28 heavy (non-hydrogen) atoms. The minimum absolute atomic E-state index is 0.0565. The van der Waals surface area contributed by atoms with Gasteiger partial charge >= 0.3 is 6.09 Å². The van der Waals surface area contributed by atoms with Crippen molar-refractivity contribution < 1.29 is 9.53 Å². The summed E-state index contributed by atoms with van der Waals surface area (Å²) in [6.45, 7) is 2.49. The van der Waals surface area contributed by atoms with Crippen molar-refractivity contribution in [2.45, 2.75) is 12.8 Å². The van der Waals surface area contributed by atoms with Crippen molar-refractivity contribution in [2.24, 2.45) is 0 Å². The Morgan fingerprint density at radius 1 is 1.04 bits per heavy atom. The monoisotopic (exact) mass is 368 g/mol. The van der Waals surface area contributed by atoms with Crippen LogP contribution in [0.2, 0.25) is 0 Å². The zero-order valence-electron chi connectivity index (χ0n) is 15.6. The second kappa shape index (κ2) is 7.98. The Morgan fingerprint density at radius 2 is 1.71 bits per heavy atom. The van der Waals surface area contributed by atoms with E-state index in [9.17, 15) is 4.79 Å². The van der Waals surface area contributed by atoms with Gasteiger partial charge in [0.1, 0.15) is 12.3 Å². The van der Waals surface area contributed by atoms with Crippen LogP contribution in [0.4, 0.5) is 4.79 Å². The van der Waals surface area contributed by atoms with Gasteiger partial charge in [0.05, 0.1) is 6.54 Å². The first-order chi connectivity index (χ1) is 13.7. The summed E-state index contributed by atoms with van der Waals surface area (Å²) < 4.78 is 5.47. The minimum atomic E-state index is -0.465. The molecule has 0 unspecified atom stereocenters. The fraction of sp³-hybridized carbons (Fsp3) is 0.167. The van der Waals surface area contributed by atoms with Crippen molar-refractivity contribution in [3.05, 3.63) is 89.2 Å². The topological polar surface area (TPSA) is 51.2 Å². The number of ether oxygens (including phenoxy) is 1. The molecule has 138 valence electrons. The third-order valence-electron chi connectivity index (χ3n) is 4.79. The number of hydrogen-bond donors (Lipinski definition) is 1. The molecule has 0 radical (unpaired) electrons. The number of nitrogens with one attached hydrogen (secondary N) is 1. The van der Waals surface area contributed by atoms with E-state index in [4.69, 9.17) is 4.74 Å². The smallest absolute Gasteiger partial charge is 0.407 e. The van der Waals surface area contributed by atoms with Gasteiger partial charge in [-0.25, -0.2) is 9.78 Å².